The van der Waals surface area contributed by atoms with Crippen molar-refractivity contribution in [3.05, 3.63) is 54.4 Å². The molecular formula is C24H27N3O4. The maximum atomic E-state index is 12.6. The lowest BCUT2D eigenvalue weighted by Crippen LogP contribution is -2.24. The van der Waals surface area contributed by atoms with E-state index in [1.54, 1.807) is 4.90 Å². The van der Waals surface area contributed by atoms with E-state index in [0.29, 0.717) is 43.8 Å². The van der Waals surface area contributed by atoms with Gasteiger partial charge in [0, 0.05) is 24.2 Å². The fourth-order valence-electron chi connectivity index (χ4n) is 3.49. The SMILES string of the molecule is CCOc1ccc(N2CC(c3nc(-c4ccc(OCC(C)C)cc4)no3)CC2=O)cc1. The highest BCUT2D eigenvalue weighted by Gasteiger charge is 2.35. The van der Waals surface area contributed by atoms with E-state index in [1.165, 1.54) is 0 Å². The molecule has 0 spiro atoms. The van der Waals surface area contributed by atoms with Gasteiger partial charge in [-0.3, -0.25) is 4.79 Å². The number of rotatable bonds is 8. The molecule has 0 N–H and O–H groups in total. The van der Waals surface area contributed by atoms with Crippen LogP contribution in [-0.2, 0) is 4.79 Å². The Hall–Kier alpha value is -3.35. The highest BCUT2D eigenvalue weighted by atomic mass is 16.5. The summed E-state index contributed by atoms with van der Waals surface area (Å²) < 4.78 is 16.7. The van der Waals surface area contributed by atoms with Crippen molar-refractivity contribution in [3.8, 4) is 22.9 Å². The van der Waals surface area contributed by atoms with Crippen molar-refractivity contribution in [3.63, 3.8) is 0 Å². The predicted molar refractivity (Wildman–Crippen MR) is 117 cm³/mol. The fraction of sp³-hybridized carbons (Fsp3) is 0.375. The van der Waals surface area contributed by atoms with Crippen molar-refractivity contribution in [2.45, 2.75) is 33.1 Å². The van der Waals surface area contributed by atoms with E-state index < -0.39 is 0 Å². The van der Waals surface area contributed by atoms with Crippen molar-refractivity contribution in [2.24, 2.45) is 5.92 Å². The zero-order valence-corrected chi connectivity index (χ0v) is 18.1. The molecular weight excluding hydrogens is 394 g/mol. The Labute approximate surface area is 182 Å². The summed E-state index contributed by atoms with van der Waals surface area (Å²) in [4.78, 5) is 18.9. The van der Waals surface area contributed by atoms with E-state index in [2.05, 4.69) is 24.0 Å². The minimum atomic E-state index is -0.131. The third kappa shape index (κ3) is 4.87. The Morgan fingerprint density at radius 3 is 2.42 bits per heavy atom. The average Bonchev–Trinajstić information content (AvgIpc) is 3.41. The summed E-state index contributed by atoms with van der Waals surface area (Å²) in [5, 5.41) is 4.12. The molecule has 1 atom stereocenters. The first-order valence-corrected chi connectivity index (χ1v) is 10.6. The molecule has 0 bridgehead atoms. The van der Waals surface area contributed by atoms with Gasteiger partial charge in [-0.1, -0.05) is 19.0 Å². The van der Waals surface area contributed by atoms with Crippen molar-refractivity contribution in [2.75, 3.05) is 24.7 Å². The van der Waals surface area contributed by atoms with Gasteiger partial charge in [-0.2, -0.15) is 4.98 Å². The quantitative estimate of drug-likeness (QED) is 0.525. The second kappa shape index (κ2) is 9.20. The number of amides is 1. The topological polar surface area (TPSA) is 77.7 Å². The predicted octanol–water partition coefficient (Wildman–Crippen LogP) is 4.69. The normalized spacial score (nSPS) is 16.2. The lowest BCUT2D eigenvalue weighted by Gasteiger charge is -2.16. The smallest absolute Gasteiger partial charge is 0.232 e. The summed E-state index contributed by atoms with van der Waals surface area (Å²) in [5.41, 5.74) is 1.69. The summed E-state index contributed by atoms with van der Waals surface area (Å²) in [6.45, 7) is 7.95. The van der Waals surface area contributed by atoms with Crippen molar-refractivity contribution in [1.29, 1.82) is 0 Å². The molecule has 0 saturated carbocycles. The van der Waals surface area contributed by atoms with E-state index in [-0.39, 0.29) is 11.8 Å². The third-order valence-electron chi connectivity index (χ3n) is 5.07. The number of aromatic nitrogens is 2. The van der Waals surface area contributed by atoms with Crippen molar-refractivity contribution in [1.82, 2.24) is 10.1 Å². The second-order valence-corrected chi connectivity index (χ2v) is 8.02. The van der Waals surface area contributed by atoms with Crippen molar-refractivity contribution >= 4 is 11.6 Å². The number of ether oxygens (including phenoxy) is 2. The van der Waals surface area contributed by atoms with Gasteiger partial charge in [0.15, 0.2) is 0 Å². The summed E-state index contributed by atoms with van der Waals surface area (Å²) in [5.74, 6) is 2.98. The molecule has 4 rings (SSSR count). The van der Waals surface area contributed by atoms with Crippen LogP contribution in [0.2, 0.25) is 0 Å². The number of carbonyl (C=O) groups excluding carboxylic acids is 1. The van der Waals surface area contributed by atoms with E-state index in [4.69, 9.17) is 14.0 Å². The molecule has 7 nitrogen and oxygen atoms in total. The van der Waals surface area contributed by atoms with Crippen LogP contribution in [0, 0.1) is 5.92 Å². The fourth-order valence-corrected chi connectivity index (χ4v) is 3.49. The average molecular weight is 421 g/mol. The molecule has 1 unspecified atom stereocenters. The second-order valence-electron chi connectivity index (χ2n) is 8.02. The van der Waals surface area contributed by atoms with E-state index in [0.717, 1.165) is 22.7 Å². The molecule has 1 amide bonds. The minimum absolute atomic E-state index is 0.0422. The molecule has 0 aliphatic carbocycles. The number of hydrogen-bond acceptors (Lipinski definition) is 6. The standard InChI is InChI=1S/C24H27N3O4/c1-4-29-20-11-7-19(8-12-20)27-14-18(13-22(27)28)24-25-23(26-31-24)17-5-9-21(10-6-17)30-15-16(2)3/h5-12,16,18H,4,13-15H2,1-3H3. The van der Waals surface area contributed by atoms with Crippen LogP contribution < -0.4 is 14.4 Å². The summed E-state index contributed by atoms with van der Waals surface area (Å²) >= 11 is 0. The van der Waals surface area contributed by atoms with Crippen LogP contribution in [0.3, 0.4) is 0 Å². The lowest BCUT2D eigenvalue weighted by atomic mass is 10.1. The van der Waals surface area contributed by atoms with E-state index in [9.17, 15) is 4.79 Å². The Bertz CT molecular complexity index is 1010. The molecule has 2 aromatic carbocycles. The molecule has 1 aromatic heterocycles. The van der Waals surface area contributed by atoms with Crippen LogP contribution in [0.15, 0.2) is 53.1 Å². The van der Waals surface area contributed by atoms with Crippen LogP contribution in [0.25, 0.3) is 11.4 Å². The molecule has 1 aliphatic heterocycles. The molecule has 7 heteroatoms. The van der Waals surface area contributed by atoms with Crippen LogP contribution in [0.4, 0.5) is 5.69 Å². The number of carbonyl (C=O) groups is 1. The Morgan fingerprint density at radius 1 is 1.06 bits per heavy atom. The maximum absolute atomic E-state index is 12.6. The van der Waals surface area contributed by atoms with Crippen molar-refractivity contribution < 1.29 is 18.8 Å². The molecule has 0 radical (unpaired) electrons. The van der Waals surface area contributed by atoms with Gasteiger partial charge < -0.3 is 18.9 Å². The molecule has 2 heterocycles. The first-order chi connectivity index (χ1) is 15.0. The summed E-state index contributed by atoms with van der Waals surface area (Å²) in [6, 6.07) is 15.2. The van der Waals surface area contributed by atoms with Gasteiger partial charge >= 0.3 is 0 Å². The minimum Gasteiger partial charge on any atom is -0.494 e. The Kier molecular flexibility index (Phi) is 6.21. The zero-order valence-electron chi connectivity index (χ0n) is 18.1. The van der Waals surface area contributed by atoms with Gasteiger partial charge in [0.1, 0.15) is 11.5 Å². The number of anilines is 1. The van der Waals surface area contributed by atoms with Gasteiger partial charge in [-0.05, 0) is 61.4 Å². The zero-order chi connectivity index (χ0) is 21.8. The van der Waals surface area contributed by atoms with Crippen LogP contribution in [0.5, 0.6) is 11.5 Å². The van der Waals surface area contributed by atoms with Gasteiger partial charge in [0.05, 0.1) is 19.1 Å². The van der Waals surface area contributed by atoms with Gasteiger partial charge in [-0.25, -0.2) is 0 Å². The molecule has 162 valence electrons. The number of benzene rings is 2. The highest BCUT2D eigenvalue weighted by molar-refractivity contribution is 5.96. The number of hydrogen-bond donors (Lipinski definition) is 0. The molecule has 1 saturated heterocycles. The van der Waals surface area contributed by atoms with E-state index >= 15 is 0 Å². The van der Waals surface area contributed by atoms with E-state index in [1.807, 2.05) is 55.5 Å². The first kappa shape index (κ1) is 20.9. The summed E-state index contributed by atoms with van der Waals surface area (Å²) in [7, 11) is 0. The molecule has 3 aromatic rings. The Balaban J connectivity index is 1.42. The van der Waals surface area contributed by atoms with Gasteiger partial charge in [0.25, 0.3) is 0 Å². The first-order valence-electron chi connectivity index (χ1n) is 10.6. The number of nitrogens with zero attached hydrogens (tertiary/aromatic N) is 3. The van der Waals surface area contributed by atoms with Crippen LogP contribution >= 0.6 is 0 Å². The maximum Gasteiger partial charge on any atom is 0.232 e. The third-order valence-corrected chi connectivity index (χ3v) is 5.07. The highest BCUT2D eigenvalue weighted by Crippen LogP contribution is 2.33. The molecule has 1 aliphatic rings. The van der Waals surface area contributed by atoms with Crippen LogP contribution in [-0.4, -0.2) is 35.8 Å². The van der Waals surface area contributed by atoms with Crippen LogP contribution in [0.1, 0.15) is 39.0 Å². The lowest BCUT2D eigenvalue weighted by molar-refractivity contribution is -0.117. The van der Waals surface area contributed by atoms with Gasteiger partial charge in [-0.15, -0.1) is 0 Å². The van der Waals surface area contributed by atoms with Gasteiger partial charge in [0.2, 0.25) is 17.6 Å². The Morgan fingerprint density at radius 2 is 1.74 bits per heavy atom. The largest absolute Gasteiger partial charge is 0.494 e. The monoisotopic (exact) mass is 421 g/mol. The molecule has 1 fully saturated rings. The molecule has 31 heavy (non-hydrogen) atoms. The summed E-state index contributed by atoms with van der Waals surface area (Å²) in [6.07, 6.45) is 0.344.